The smallest absolute Gasteiger partial charge is 0.334 e. The van der Waals surface area contributed by atoms with Gasteiger partial charge in [0, 0.05) is 30.4 Å². The molecule has 0 bridgehead atoms. The highest BCUT2D eigenvalue weighted by atomic mass is 32.1. The summed E-state index contributed by atoms with van der Waals surface area (Å²) in [5.74, 6) is 1.38. The monoisotopic (exact) mass is 574 g/mol. The average Bonchev–Trinajstić information content (AvgIpc) is 3.62. The molecule has 2 amide bonds. The fourth-order valence-corrected chi connectivity index (χ4v) is 6.89. The molecule has 0 unspecified atom stereocenters. The van der Waals surface area contributed by atoms with Crippen LogP contribution in [-0.4, -0.2) is 67.5 Å². The van der Waals surface area contributed by atoms with Gasteiger partial charge in [-0.25, -0.2) is 4.79 Å². The third-order valence-corrected chi connectivity index (χ3v) is 9.21. The largest absolute Gasteiger partial charge is 0.492 e. The Kier molecular flexibility index (Phi) is 9.39. The third-order valence-electron chi connectivity index (χ3n) is 8.11. The molecule has 2 fully saturated rings. The average molecular weight is 575 g/mol. The summed E-state index contributed by atoms with van der Waals surface area (Å²) in [5.41, 5.74) is 1.15. The molecule has 3 aromatic rings. The summed E-state index contributed by atoms with van der Waals surface area (Å²) >= 11 is 1.50. The Morgan fingerprint density at radius 2 is 1.73 bits per heavy atom. The Labute approximate surface area is 245 Å². The molecule has 0 radical (unpaired) electrons. The first-order valence-electron chi connectivity index (χ1n) is 14.5. The number of thiophene rings is 1. The van der Waals surface area contributed by atoms with Crippen LogP contribution in [0.2, 0.25) is 0 Å². The Bertz CT molecular complexity index is 1370. The van der Waals surface area contributed by atoms with E-state index in [0.29, 0.717) is 41.2 Å². The zero-order valence-electron chi connectivity index (χ0n) is 23.8. The summed E-state index contributed by atoms with van der Waals surface area (Å²) in [4.78, 5) is 43.0. The van der Waals surface area contributed by atoms with Crippen LogP contribution in [-0.2, 0) is 14.3 Å². The molecule has 41 heavy (non-hydrogen) atoms. The maximum Gasteiger partial charge on any atom is 0.334 e. The molecule has 7 nitrogen and oxygen atoms in total. The lowest BCUT2D eigenvalue weighted by Gasteiger charge is -2.22. The van der Waals surface area contributed by atoms with Crippen molar-refractivity contribution in [3.63, 3.8) is 0 Å². The van der Waals surface area contributed by atoms with Gasteiger partial charge in [0.15, 0.2) is 0 Å². The second-order valence-electron chi connectivity index (χ2n) is 11.0. The van der Waals surface area contributed by atoms with E-state index >= 15 is 0 Å². The zero-order valence-corrected chi connectivity index (χ0v) is 24.7. The first-order chi connectivity index (χ1) is 19.9. The summed E-state index contributed by atoms with van der Waals surface area (Å²) in [5, 5.41) is 1.07. The Morgan fingerprint density at radius 3 is 2.41 bits per heavy atom. The van der Waals surface area contributed by atoms with Gasteiger partial charge in [-0.1, -0.05) is 43.2 Å². The van der Waals surface area contributed by atoms with E-state index in [1.165, 1.54) is 37.0 Å². The predicted octanol–water partition coefficient (Wildman–Crippen LogP) is 6.04. The van der Waals surface area contributed by atoms with Crippen molar-refractivity contribution in [3.05, 3.63) is 70.6 Å². The van der Waals surface area contributed by atoms with Crippen molar-refractivity contribution in [1.29, 1.82) is 0 Å². The highest BCUT2D eigenvalue weighted by molar-refractivity contribution is 7.20. The number of amides is 2. The summed E-state index contributed by atoms with van der Waals surface area (Å²) in [6.07, 6.45) is 6.66. The molecule has 0 spiro atoms. The molecule has 216 valence electrons. The summed E-state index contributed by atoms with van der Waals surface area (Å²) in [6, 6.07) is 17.3. The highest BCUT2D eigenvalue weighted by Crippen LogP contribution is 2.36. The molecule has 1 saturated heterocycles. The number of fused-ring (bicyclic) bond motifs is 2. The summed E-state index contributed by atoms with van der Waals surface area (Å²) < 4.78 is 12.2. The van der Waals surface area contributed by atoms with Crippen molar-refractivity contribution in [2.45, 2.75) is 39.0 Å². The third kappa shape index (κ3) is 7.17. The molecule has 0 N–H and O–H groups in total. The van der Waals surface area contributed by atoms with Crippen LogP contribution in [0.25, 0.3) is 16.2 Å². The molecule has 8 heteroatoms. The van der Waals surface area contributed by atoms with Crippen molar-refractivity contribution in [1.82, 2.24) is 9.80 Å². The number of nitrogens with zero attached hydrogens (tertiary/aromatic N) is 2. The molecular weight excluding hydrogens is 536 g/mol. The highest BCUT2D eigenvalue weighted by Gasteiger charge is 2.36. The topological polar surface area (TPSA) is 76.1 Å². The van der Waals surface area contributed by atoms with Crippen molar-refractivity contribution >= 4 is 45.3 Å². The second kappa shape index (κ2) is 13.3. The maximum absolute atomic E-state index is 13.1. The van der Waals surface area contributed by atoms with E-state index in [-0.39, 0.29) is 24.8 Å². The number of carbonyl (C=O) groups is 3. The van der Waals surface area contributed by atoms with Crippen LogP contribution in [0.15, 0.2) is 60.2 Å². The van der Waals surface area contributed by atoms with Gasteiger partial charge in [0.05, 0.1) is 24.4 Å². The summed E-state index contributed by atoms with van der Waals surface area (Å²) in [6.45, 7) is 4.42. The predicted molar refractivity (Wildman–Crippen MR) is 162 cm³/mol. The maximum atomic E-state index is 13.1. The van der Waals surface area contributed by atoms with E-state index in [0.717, 1.165) is 28.7 Å². The van der Waals surface area contributed by atoms with Crippen LogP contribution < -0.4 is 4.74 Å². The molecule has 2 aliphatic rings. The Hall–Kier alpha value is -3.65. The minimum absolute atomic E-state index is 0.00651. The molecule has 2 aromatic carbocycles. The fourth-order valence-electron chi connectivity index (χ4n) is 5.83. The van der Waals surface area contributed by atoms with Crippen LogP contribution in [0.1, 0.15) is 54.3 Å². The van der Waals surface area contributed by atoms with Gasteiger partial charge in [-0.3, -0.25) is 9.59 Å². The molecule has 1 aromatic heterocycles. The van der Waals surface area contributed by atoms with Crippen LogP contribution >= 0.6 is 11.3 Å². The van der Waals surface area contributed by atoms with Gasteiger partial charge in [0.1, 0.15) is 12.4 Å². The van der Waals surface area contributed by atoms with E-state index in [1.807, 2.05) is 59.5 Å². The van der Waals surface area contributed by atoms with E-state index < -0.39 is 5.97 Å². The molecule has 5 rings (SSSR count). The van der Waals surface area contributed by atoms with Gasteiger partial charge in [0.2, 0.25) is 5.91 Å². The minimum atomic E-state index is -0.455. The van der Waals surface area contributed by atoms with E-state index in [2.05, 4.69) is 0 Å². The molecular formula is C33H38N2O5S. The SMILES string of the molecule is CCOC(=O)/C(=C/c1ccc(OCCN(C)C(=O)c2cc3ccccc3s2)cc1)CC(=O)N1C[C@H]2CCCC[C@H]2C1. The normalized spacial score (nSPS) is 18.7. The fraction of sp³-hybridized carbons (Fsp3) is 0.424. The van der Waals surface area contributed by atoms with Crippen molar-refractivity contribution in [2.75, 3.05) is 39.9 Å². The number of rotatable bonds is 10. The number of hydrogen-bond acceptors (Lipinski definition) is 6. The lowest BCUT2D eigenvalue weighted by molar-refractivity contribution is -0.140. The number of likely N-dealkylation sites (tertiary alicyclic amines) is 1. The van der Waals surface area contributed by atoms with Gasteiger partial charge >= 0.3 is 5.97 Å². The number of ether oxygens (including phenoxy) is 2. The number of hydrogen-bond donors (Lipinski definition) is 0. The zero-order chi connectivity index (χ0) is 28.8. The van der Waals surface area contributed by atoms with Crippen LogP contribution in [0, 0.1) is 11.8 Å². The van der Waals surface area contributed by atoms with Crippen LogP contribution in [0.3, 0.4) is 0 Å². The number of likely N-dealkylation sites (N-methyl/N-ethyl adjacent to an activating group) is 1. The van der Waals surface area contributed by atoms with Gasteiger partial charge in [-0.05, 0) is 72.9 Å². The number of carbonyl (C=O) groups excluding carboxylic acids is 3. The minimum Gasteiger partial charge on any atom is -0.492 e. The van der Waals surface area contributed by atoms with Gasteiger partial charge in [-0.15, -0.1) is 11.3 Å². The quantitative estimate of drug-likeness (QED) is 0.218. The number of esters is 1. The van der Waals surface area contributed by atoms with Crippen LogP contribution in [0.4, 0.5) is 0 Å². The Balaban J connectivity index is 1.15. The lowest BCUT2D eigenvalue weighted by Crippen LogP contribution is -2.30. The van der Waals surface area contributed by atoms with Crippen molar-refractivity contribution in [3.8, 4) is 5.75 Å². The standard InChI is InChI=1S/C33H38N2O5S/c1-3-39-33(38)27(20-31(36)35-21-25-9-4-5-10-26(25)22-35)18-23-12-14-28(15-13-23)40-17-16-34(2)32(37)30-19-24-8-6-7-11-29(24)41-30/h6-8,11-15,18-19,25-26H,3-5,9-10,16-17,20-22H2,1-2H3/b27-18+/t25-,26+. The summed E-state index contributed by atoms with van der Waals surface area (Å²) in [7, 11) is 1.78. The van der Waals surface area contributed by atoms with Crippen molar-refractivity contribution in [2.24, 2.45) is 11.8 Å². The van der Waals surface area contributed by atoms with E-state index in [9.17, 15) is 14.4 Å². The van der Waals surface area contributed by atoms with Crippen molar-refractivity contribution < 1.29 is 23.9 Å². The first-order valence-corrected chi connectivity index (χ1v) is 15.3. The lowest BCUT2D eigenvalue weighted by atomic mass is 9.82. The van der Waals surface area contributed by atoms with E-state index in [4.69, 9.17) is 9.47 Å². The molecule has 1 aliphatic heterocycles. The molecule has 1 aliphatic carbocycles. The Morgan fingerprint density at radius 1 is 1.02 bits per heavy atom. The van der Waals surface area contributed by atoms with Crippen LogP contribution in [0.5, 0.6) is 5.75 Å². The molecule has 1 saturated carbocycles. The second-order valence-corrected chi connectivity index (χ2v) is 12.0. The molecule has 2 atom stereocenters. The van der Waals surface area contributed by atoms with Gasteiger partial charge < -0.3 is 19.3 Å². The number of benzene rings is 2. The van der Waals surface area contributed by atoms with E-state index in [1.54, 1.807) is 24.9 Å². The molecule has 2 heterocycles. The van der Waals surface area contributed by atoms with Gasteiger partial charge in [0.25, 0.3) is 5.91 Å². The van der Waals surface area contributed by atoms with Gasteiger partial charge in [-0.2, -0.15) is 0 Å². The first kappa shape index (κ1) is 28.9.